The van der Waals surface area contributed by atoms with Gasteiger partial charge >= 0.3 is 0 Å². The van der Waals surface area contributed by atoms with Gasteiger partial charge in [-0.15, -0.1) is 0 Å². The molecule has 1 N–H and O–H groups in total. The number of imidazole rings is 1. The molecule has 1 amide bonds. The molecule has 0 aliphatic rings. The fourth-order valence-electron chi connectivity index (χ4n) is 2.59. The van der Waals surface area contributed by atoms with E-state index in [9.17, 15) is 9.18 Å². The van der Waals surface area contributed by atoms with Gasteiger partial charge in [0.05, 0.1) is 11.6 Å². The van der Waals surface area contributed by atoms with Crippen LogP contribution in [0.25, 0.3) is 0 Å². The van der Waals surface area contributed by atoms with Gasteiger partial charge in [0, 0.05) is 30.6 Å². The summed E-state index contributed by atoms with van der Waals surface area (Å²) in [5.41, 5.74) is 1.03. The van der Waals surface area contributed by atoms with Crippen LogP contribution in [-0.4, -0.2) is 15.5 Å². The lowest BCUT2D eigenvalue weighted by Gasteiger charge is -2.19. The lowest BCUT2D eigenvalue weighted by Crippen LogP contribution is -2.31. The number of amides is 1. The fraction of sp³-hybridized carbons (Fsp3) is 0.105. The van der Waals surface area contributed by atoms with Gasteiger partial charge in [-0.1, -0.05) is 24.3 Å². The Morgan fingerprint density at radius 1 is 1.28 bits per heavy atom. The van der Waals surface area contributed by atoms with E-state index < -0.39 is 17.8 Å². The Morgan fingerprint density at radius 3 is 2.76 bits per heavy atom. The van der Waals surface area contributed by atoms with Gasteiger partial charge in [0.1, 0.15) is 17.7 Å². The number of nitrogens with one attached hydrogen (secondary N) is 1. The van der Waals surface area contributed by atoms with Crippen molar-refractivity contribution in [3.8, 4) is 6.07 Å². The Kier molecular flexibility index (Phi) is 4.57. The molecule has 1 heterocycles. The zero-order chi connectivity index (χ0) is 17.8. The molecule has 0 fully saturated rings. The summed E-state index contributed by atoms with van der Waals surface area (Å²) in [6.45, 7) is 0. The number of halogens is 1. The molecule has 0 unspecified atom stereocenters. The van der Waals surface area contributed by atoms with Crippen LogP contribution in [0, 0.1) is 17.1 Å². The maximum Gasteiger partial charge on any atom is 0.252 e. The second-order valence-corrected chi connectivity index (χ2v) is 5.52. The SMILES string of the molecule is Cn1ccnc1[C@@H](NC(=O)c1cccc(C#N)c1)c1ccccc1F. The molecule has 0 bridgehead atoms. The summed E-state index contributed by atoms with van der Waals surface area (Å²) in [6, 6.07) is 13.8. The first-order valence-electron chi connectivity index (χ1n) is 7.63. The second kappa shape index (κ2) is 6.97. The number of benzene rings is 2. The van der Waals surface area contributed by atoms with Crippen molar-refractivity contribution in [2.75, 3.05) is 0 Å². The molecular formula is C19H15FN4O. The number of aromatic nitrogens is 2. The number of hydrogen-bond donors (Lipinski definition) is 1. The van der Waals surface area contributed by atoms with Gasteiger partial charge in [-0.25, -0.2) is 9.37 Å². The Morgan fingerprint density at radius 2 is 2.08 bits per heavy atom. The van der Waals surface area contributed by atoms with Gasteiger partial charge in [0.2, 0.25) is 0 Å². The third-order valence-electron chi connectivity index (χ3n) is 3.86. The van der Waals surface area contributed by atoms with Gasteiger partial charge in [-0.3, -0.25) is 4.79 Å². The van der Waals surface area contributed by atoms with Gasteiger partial charge < -0.3 is 9.88 Å². The third kappa shape index (κ3) is 3.40. The predicted octanol–water partition coefficient (Wildman–Crippen LogP) is 2.95. The monoisotopic (exact) mass is 334 g/mol. The van der Waals surface area contributed by atoms with Crippen LogP contribution in [0.4, 0.5) is 4.39 Å². The quantitative estimate of drug-likeness (QED) is 0.797. The van der Waals surface area contributed by atoms with Crippen molar-refractivity contribution in [2.24, 2.45) is 7.05 Å². The molecule has 0 saturated carbocycles. The summed E-state index contributed by atoms with van der Waals surface area (Å²) in [4.78, 5) is 16.9. The van der Waals surface area contributed by atoms with Crippen LogP contribution in [0.1, 0.15) is 33.4 Å². The van der Waals surface area contributed by atoms with Crippen LogP contribution in [0.15, 0.2) is 60.9 Å². The van der Waals surface area contributed by atoms with Crippen molar-refractivity contribution in [2.45, 2.75) is 6.04 Å². The highest BCUT2D eigenvalue weighted by Crippen LogP contribution is 2.23. The normalized spacial score (nSPS) is 11.6. The number of aryl methyl sites for hydroxylation is 1. The first-order valence-corrected chi connectivity index (χ1v) is 7.63. The number of carbonyl (C=O) groups excluding carboxylic acids is 1. The molecule has 1 atom stereocenters. The zero-order valence-electron chi connectivity index (χ0n) is 13.5. The predicted molar refractivity (Wildman–Crippen MR) is 90.1 cm³/mol. The number of nitrogens with zero attached hydrogens (tertiary/aromatic N) is 3. The molecule has 2 aromatic carbocycles. The summed E-state index contributed by atoms with van der Waals surface area (Å²) in [7, 11) is 1.78. The Balaban J connectivity index is 1.98. The maximum absolute atomic E-state index is 14.3. The molecule has 124 valence electrons. The molecule has 3 aromatic rings. The molecule has 0 aliphatic carbocycles. The minimum atomic E-state index is -0.751. The van der Waals surface area contributed by atoms with Gasteiger partial charge in [-0.05, 0) is 24.3 Å². The average molecular weight is 334 g/mol. The van der Waals surface area contributed by atoms with E-state index in [4.69, 9.17) is 5.26 Å². The lowest BCUT2D eigenvalue weighted by molar-refractivity contribution is 0.0940. The van der Waals surface area contributed by atoms with Crippen molar-refractivity contribution in [3.05, 3.63) is 89.3 Å². The van der Waals surface area contributed by atoms with E-state index in [0.29, 0.717) is 22.5 Å². The van der Waals surface area contributed by atoms with Crippen LogP contribution in [-0.2, 0) is 7.05 Å². The number of rotatable bonds is 4. The van der Waals surface area contributed by atoms with Gasteiger partial charge in [-0.2, -0.15) is 5.26 Å². The summed E-state index contributed by atoms with van der Waals surface area (Å²) < 4.78 is 16.0. The van der Waals surface area contributed by atoms with Gasteiger partial charge in [0.15, 0.2) is 0 Å². The largest absolute Gasteiger partial charge is 0.338 e. The fourth-order valence-corrected chi connectivity index (χ4v) is 2.59. The molecule has 0 saturated heterocycles. The summed E-state index contributed by atoms with van der Waals surface area (Å²) in [6.07, 6.45) is 3.32. The molecule has 0 radical (unpaired) electrons. The number of nitriles is 1. The van der Waals surface area contributed by atoms with Crippen molar-refractivity contribution in [1.82, 2.24) is 14.9 Å². The van der Waals surface area contributed by atoms with Crippen LogP contribution in [0.5, 0.6) is 0 Å². The smallest absolute Gasteiger partial charge is 0.252 e. The van der Waals surface area contributed by atoms with Crippen molar-refractivity contribution >= 4 is 5.91 Å². The Bertz CT molecular complexity index is 958. The molecular weight excluding hydrogens is 319 g/mol. The highest BCUT2D eigenvalue weighted by Gasteiger charge is 2.24. The Hall–Kier alpha value is -3.46. The minimum Gasteiger partial charge on any atom is -0.338 e. The van der Waals surface area contributed by atoms with Crippen LogP contribution >= 0.6 is 0 Å². The maximum atomic E-state index is 14.3. The van der Waals surface area contributed by atoms with E-state index in [1.54, 1.807) is 60.4 Å². The third-order valence-corrected chi connectivity index (χ3v) is 3.86. The number of hydrogen-bond acceptors (Lipinski definition) is 3. The van der Waals surface area contributed by atoms with E-state index in [1.165, 1.54) is 12.1 Å². The molecule has 0 aliphatic heterocycles. The molecule has 5 nitrogen and oxygen atoms in total. The molecule has 1 aromatic heterocycles. The van der Waals surface area contributed by atoms with Crippen LogP contribution in [0.3, 0.4) is 0 Å². The summed E-state index contributed by atoms with van der Waals surface area (Å²) >= 11 is 0. The molecule has 6 heteroatoms. The van der Waals surface area contributed by atoms with Crippen molar-refractivity contribution in [1.29, 1.82) is 5.26 Å². The molecule has 25 heavy (non-hydrogen) atoms. The van der Waals surface area contributed by atoms with E-state index in [1.807, 2.05) is 6.07 Å². The highest BCUT2D eigenvalue weighted by molar-refractivity contribution is 5.95. The van der Waals surface area contributed by atoms with Crippen LogP contribution in [0.2, 0.25) is 0 Å². The minimum absolute atomic E-state index is 0.321. The first kappa shape index (κ1) is 16.4. The van der Waals surface area contributed by atoms with E-state index >= 15 is 0 Å². The summed E-state index contributed by atoms with van der Waals surface area (Å²) in [5, 5.41) is 11.8. The highest BCUT2D eigenvalue weighted by atomic mass is 19.1. The summed E-state index contributed by atoms with van der Waals surface area (Å²) in [5.74, 6) is -0.329. The standard InChI is InChI=1S/C19H15FN4O/c1-24-10-9-22-18(24)17(15-7-2-3-8-16(15)20)23-19(25)14-6-4-5-13(11-14)12-21/h2-11,17H,1H3,(H,23,25)/t17-/m0/s1. The van der Waals surface area contributed by atoms with E-state index in [0.717, 1.165) is 0 Å². The topological polar surface area (TPSA) is 70.7 Å². The van der Waals surface area contributed by atoms with Crippen molar-refractivity contribution < 1.29 is 9.18 Å². The number of carbonyl (C=O) groups is 1. The lowest BCUT2D eigenvalue weighted by atomic mass is 10.0. The van der Waals surface area contributed by atoms with Crippen LogP contribution < -0.4 is 5.32 Å². The second-order valence-electron chi connectivity index (χ2n) is 5.52. The zero-order valence-corrected chi connectivity index (χ0v) is 13.5. The van der Waals surface area contributed by atoms with E-state index in [-0.39, 0.29) is 0 Å². The molecule has 3 rings (SSSR count). The van der Waals surface area contributed by atoms with Gasteiger partial charge in [0.25, 0.3) is 5.91 Å². The first-order chi connectivity index (χ1) is 12.1. The van der Waals surface area contributed by atoms with Crippen molar-refractivity contribution in [3.63, 3.8) is 0 Å². The Labute approximate surface area is 144 Å². The molecule has 0 spiro atoms. The van der Waals surface area contributed by atoms with E-state index in [2.05, 4.69) is 10.3 Å². The average Bonchev–Trinajstić information content (AvgIpc) is 3.06.